The molecule has 0 saturated carbocycles. The Morgan fingerprint density at radius 2 is 2.10 bits per heavy atom. The Morgan fingerprint density at radius 1 is 1.33 bits per heavy atom. The van der Waals surface area contributed by atoms with Crippen LogP contribution in [0.2, 0.25) is 0 Å². The first-order valence-corrected chi connectivity index (χ1v) is 8.58. The van der Waals surface area contributed by atoms with Crippen LogP contribution in [-0.4, -0.2) is 47.2 Å². The van der Waals surface area contributed by atoms with Gasteiger partial charge in [0.1, 0.15) is 0 Å². The van der Waals surface area contributed by atoms with Crippen LogP contribution in [0.3, 0.4) is 0 Å². The molecule has 0 aromatic carbocycles. The Balaban J connectivity index is 1.80. The smallest absolute Gasteiger partial charge is 0.231 e. The van der Waals surface area contributed by atoms with Crippen LogP contribution < -0.4 is 0 Å². The minimum absolute atomic E-state index is 0.0448. The monoisotopic (exact) mass is 308 g/mol. The van der Waals surface area contributed by atoms with Gasteiger partial charge in [0.25, 0.3) is 0 Å². The van der Waals surface area contributed by atoms with Gasteiger partial charge in [-0.3, -0.25) is 4.98 Å². The van der Waals surface area contributed by atoms with Gasteiger partial charge < -0.3 is 4.52 Å². The van der Waals surface area contributed by atoms with Gasteiger partial charge in [-0.25, -0.2) is 12.7 Å². The van der Waals surface area contributed by atoms with E-state index in [9.17, 15) is 8.42 Å². The number of nitrogens with zero attached hydrogens (tertiary/aromatic N) is 4. The van der Waals surface area contributed by atoms with Gasteiger partial charge >= 0.3 is 0 Å². The lowest BCUT2D eigenvalue weighted by Gasteiger charge is -2.28. The second kappa shape index (κ2) is 5.53. The van der Waals surface area contributed by atoms with E-state index in [-0.39, 0.29) is 5.92 Å². The Kier molecular flexibility index (Phi) is 3.73. The normalized spacial score (nSPS) is 20.5. The van der Waals surface area contributed by atoms with Crippen molar-refractivity contribution < 1.29 is 12.9 Å². The molecular weight excluding hydrogens is 292 g/mol. The number of aromatic nitrogens is 3. The van der Waals surface area contributed by atoms with Crippen molar-refractivity contribution in [1.29, 1.82) is 0 Å². The van der Waals surface area contributed by atoms with E-state index in [1.54, 1.807) is 24.5 Å². The van der Waals surface area contributed by atoms with E-state index >= 15 is 0 Å². The maximum absolute atomic E-state index is 11.6. The molecule has 0 aliphatic carbocycles. The van der Waals surface area contributed by atoms with Gasteiger partial charge in [-0.15, -0.1) is 0 Å². The van der Waals surface area contributed by atoms with Crippen molar-refractivity contribution in [3.63, 3.8) is 0 Å². The van der Waals surface area contributed by atoms with Crippen LogP contribution in [0.25, 0.3) is 11.4 Å². The van der Waals surface area contributed by atoms with Gasteiger partial charge in [0.15, 0.2) is 0 Å². The summed E-state index contributed by atoms with van der Waals surface area (Å²) in [6, 6.07) is 3.61. The molecule has 3 heterocycles. The first-order chi connectivity index (χ1) is 10.0. The minimum Gasteiger partial charge on any atom is -0.339 e. The fourth-order valence-corrected chi connectivity index (χ4v) is 3.38. The van der Waals surface area contributed by atoms with Gasteiger partial charge in [-0.2, -0.15) is 4.98 Å². The lowest BCUT2D eigenvalue weighted by Crippen LogP contribution is -2.38. The highest BCUT2D eigenvalue weighted by Crippen LogP contribution is 2.28. The number of pyridine rings is 1. The molecule has 7 nitrogen and oxygen atoms in total. The van der Waals surface area contributed by atoms with Crippen molar-refractivity contribution in [2.45, 2.75) is 18.8 Å². The highest BCUT2D eigenvalue weighted by Gasteiger charge is 2.30. The van der Waals surface area contributed by atoms with E-state index in [4.69, 9.17) is 4.52 Å². The Morgan fingerprint density at radius 3 is 2.81 bits per heavy atom. The topological polar surface area (TPSA) is 89.2 Å². The average Bonchev–Trinajstić information content (AvgIpc) is 2.97. The number of hydrogen-bond donors (Lipinski definition) is 0. The van der Waals surface area contributed by atoms with E-state index in [0.29, 0.717) is 24.8 Å². The van der Waals surface area contributed by atoms with E-state index in [1.165, 1.54) is 10.6 Å². The Labute approximate surface area is 123 Å². The second-order valence-electron chi connectivity index (χ2n) is 5.15. The lowest BCUT2D eigenvalue weighted by molar-refractivity contribution is 0.266. The van der Waals surface area contributed by atoms with Crippen LogP contribution in [0.15, 0.2) is 29.0 Å². The van der Waals surface area contributed by atoms with E-state index in [2.05, 4.69) is 15.1 Å². The van der Waals surface area contributed by atoms with Crippen LogP contribution >= 0.6 is 0 Å². The van der Waals surface area contributed by atoms with E-state index in [1.807, 2.05) is 0 Å². The first kappa shape index (κ1) is 14.2. The summed E-state index contributed by atoms with van der Waals surface area (Å²) in [6.45, 7) is 0.956. The molecule has 0 N–H and O–H groups in total. The highest BCUT2D eigenvalue weighted by atomic mass is 32.2. The highest BCUT2D eigenvalue weighted by molar-refractivity contribution is 7.88. The van der Waals surface area contributed by atoms with Crippen molar-refractivity contribution in [3.05, 3.63) is 30.4 Å². The molecule has 21 heavy (non-hydrogen) atoms. The lowest BCUT2D eigenvalue weighted by atomic mass is 10.00. The average molecular weight is 308 g/mol. The van der Waals surface area contributed by atoms with Crippen LogP contribution in [0.1, 0.15) is 24.7 Å². The molecule has 8 heteroatoms. The molecule has 112 valence electrons. The standard InChI is InChI=1S/C13H16N4O3S/c1-21(18,19)17-8-2-3-11(9-17)13-15-12(16-20-13)10-4-6-14-7-5-10/h4-7,11H,2-3,8-9H2,1H3/t11-/m0/s1. The molecule has 0 amide bonds. The zero-order valence-corrected chi connectivity index (χ0v) is 12.5. The predicted octanol–water partition coefficient (Wildman–Crippen LogP) is 1.27. The van der Waals surface area contributed by atoms with Crippen LogP contribution in [-0.2, 0) is 10.0 Å². The maximum atomic E-state index is 11.6. The predicted molar refractivity (Wildman–Crippen MR) is 75.9 cm³/mol. The van der Waals surface area contributed by atoms with Gasteiger partial charge in [0, 0.05) is 31.0 Å². The summed E-state index contributed by atoms with van der Waals surface area (Å²) in [6.07, 6.45) is 6.20. The minimum atomic E-state index is -3.18. The van der Waals surface area contributed by atoms with Crippen molar-refractivity contribution in [2.75, 3.05) is 19.3 Å². The zero-order valence-electron chi connectivity index (χ0n) is 11.6. The molecule has 1 atom stereocenters. The van der Waals surface area contributed by atoms with Crippen LogP contribution in [0.5, 0.6) is 0 Å². The largest absolute Gasteiger partial charge is 0.339 e. The molecule has 3 rings (SSSR count). The van der Waals surface area contributed by atoms with Crippen molar-refractivity contribution in [3.8, 4) is 11.4 Å². The van der Waals surface area contributed by atoms with Crippen molar-refractivity contribution >= 4 is 10.0 Å². The summed E-state index contributed by atoms with van der Waals surface area (Å²) in [5.74, 6) is 0.954. The molecular formula is C13H16N4O3S. The SMILES string of the molecule is CS(=O)(=O)N1CCC[C@H](c2nc(-c3ccncc3)no2)C1. The van der Waals surface area contributed by atoms with E-state index in [0.717, 1.165) is 18.4 Å². The van der Waals surface area contributed by atoms with Gasteiger partial charge in [-0.1, -0.05) is 5.16 Å². The van der Waals surface area contributed by atoms with Gasteiger partial charge in [0.2, 0.25) is 21.7 Å². The summed E-state index contributed by atoms with van der Waals surface area (Å²) >= 11 is 0. The molecule has 1 aliphatic rings. The summed E-state index contributed by atoms with van der Waals surface area (Å²) in [5.41, 5.74) is 0.829. The number of rotatable bonds is 3. The summed E-state index contributed by atoms with van der Waals surface area (Å²) in [7, 11) is -3.18. The second-order valence-corrected chi connectivity index (χ2v) is 7.13. The quantitative estimate of drug-likeness (QED) is 0.848. The molecule has 0 bridgehead atoms. The number of sulfonamides is 1. The van der Waals surface area contributed by atoms with Gasteiger partial charge in [0.05, 0.1) is 12.2 Å². The molecule has 0 radical (unpaired) electrons. The zero-order chi connectivity index (χ0) is 14.9. The molecule has 1 aliphatic heterocycles. The van der Waals surface area contributed by atoms with Crippen molar-refractivity contribution in [2.24, 2.45) is 0 Å². The molecule has 1 fully saturated rings. The number of piperidine rings is 1. The third-order valence-electron chi connectivity index (χ3n) is 3.58. The molecule has 0 spiro atoms. The molecule has 2 aromatic rings. The Bertz CT molecular complexity index is 714. The van der Waals surface area contributed by atoms with Gasteiger partial charge in [-0.05, 0) is 25.0 Å². The molecule has 1 saturated heterocycles. The van der Waals surface area contributed by atoms with E-state index < -0.39 is 10.0 Å². The summed E-state index contributed by atoms with van der Waals surface area (Å²) in [5, 5.41) is 3.97. The summed E-state index contributed by atoms with van der Waals surface area (Å²) < 4.78 is 30.1. The fraction of sp³-hybridized carbons (Fsp3) is 0.462. The van der Waals surface area contributed by atoms with Crippen LogP contribution in [0, 0.1) is 0 Å². The third-order valence-corrected chi connectivity index (χ3v) is 4.85. The van der Waals surface area contributed by atoms with Crippen LogP contribution in [0.4, 0.5) is 0 Å². The van der Waals surface area contributed by atoms with Crippen molar-refractivity contribution in [1.82, 2.24) is 19.4 Å². The molecule has 2 aromatic heterocycles. The first-order valence-electron chi connectivity index (χ1n) is 6.73. The third kappa shape index (κ3) is 3.11. The molecule has 0 unspecified atom stereocenters. The fourth-order valence-electron chi connectivity index (χ4n) is 2.46. The Hall–Kier alpha value is -1.80. The maximum Gasteiger partial charge on any atom is 0.231 e. The summed E-state index contributed by atoms with van der Waals surface area (Å²) in [4.78, 5) is 8.34. The number of hydrogen-bond acceptors (Lipinski definition) is 6.